The minimum Gasteiger partial charge on any atom is -0.377 e. The Morgan fingerprint density at radius 3 is 2.62 bits per heavy atom. The molecule has 2 N–H and O–H groups in total. The molecule has 16 heavy (non-hydrogen) atoms. The number of rotatable bonds is 5. The van der Waals surface area contributed by atoms with Gasteiger partial charge < -0.3 is 15.4 Å². The normalized spacial score (nSPS) is 17.4. The Labute approximate surface area is 98.1 Å². The fourth-order valence-corrected chi connectivity index (χ4v) is 1.94. The summed E-state index contributed by atoms with van der Waals surface area (Å²) in [5.74, 6) is 0. The van der Waals surface area contributed by atoms with E-state index < -0.39 is 0 Å². The molecule has 0 aliphatic heterocycles. The van der Waals surface area contributed by atoms with E-state index in [0.717, 1.165) is 12.8 Å². The van der Waals surface area contributed by atoms with Crippen LogP contribution in [0.5, 0.6) is 0 Å². The summed E-state index contributed by atoms with van der Waals surface area (Å²) in [6.45, 7) is 5.14. The van der Waals surface area contributed by atoms with Crippen LogP contribution in [-0.4, -0.2) is 31.3 Å². The van der Waals surface area contributed by atoms with Crippen LogP contribution in [0.3, 0.4) is 0 Å². The van der Waals surface area contributed by atoms with Crippen molar-refractivity contribution in [1.29, 1.82) is 0 Å². The first-order valence-electron chi connectivity index (χ1n) is 6.34. The second-order valence-corrected chi connectivity index (χ2v) is 4.65. The topological polar surface area (TPSA) is 50.4 Å². The third-order valence-electron chi connectivity index (χ3n) is 2.78. The van der Waals surface area contributed by atoms with Gasteiger partial charge in [0.05, 0.1) is 12.7 Å². The summed E-state index contributed by atoms with van der Waals surface area (Å²) >= 11 is 0. The van der Waals surface area contributed by atoms with E-state index in [2.05, 4.69) is 10.6 Å². The van der Waals surface area contributed by atoms with Crippen molar-refractivity contribution in [2.45, 2.75) is 58.1 Å². The van der Waals surface area contributed by atoms with Crippen molar-refractivity contribution >= 4 is 6.03 Å². The third-order valence-corrected chi connectivity index (χ3v) is 2.78. The lowest BCUT2D eigenvalue weighted by Gasteiger charge is -2.22. The SMILES string of the molecule is CC(C)OCCNC(=O)NC1CCCCC1. The second kappa shape index (κ2) is 7.49. The average Bonchev–Trinajstić information content (AvgIpc) is 2.25. The van der Waals surface area contributed by atoms with Crippen molar-refractivity contribution in [3.8, 4) is 0 Å². The number of ether oxygens (including phenoxy) is 1. The Morgan fingerprint density at radius 1 is 1.31 bits per heavy atom. The molecule has 0 aromatic rings. The van der Waals surface area contributed by atoms with Gasteiger partial charge in [-0.25, -0.2) is 4.79 Å². The summed E-state index contributed by atoms with van der Waals surface area (Å²) in [5.41, 5.74) is 0. The number of carbonyl (C=O) groups is 1. The quantitative estimate of drug-likeness (QED) is 0.707. The Bertz CT molecular complexity index is 201. The van der Waals surface area contributed by atoms with Gasteiger partial charge in [-0.1, -0.05) is 19.3 Å². The van der Waals surface area contributed by atoms with Crippen LogP contribution in [0.2, 0.25) is 0 Å². The molecule has 0 spiro atoms. The maximum Gasteiger partial charge on any atom is 0.315 e. The lowest BCUT2D eigenvalue weighted by Crippen LogP contribution is -2.43. The largest absolute Gasteiger partial charge is 0.377 e. The van der Waals surface area contributed by atoms with Gasteiger partial charge in [0.2, 0.25) is 0 Å². The molecule has 0 radical (unpaired) electrons. The van der Waals surface area contributed by atoms with Crippen LogP contribution in [-0.2, 0) is 4.74 Å². The maximum absolute atomic E-state index is 11.5. The molecule has 1 rings (SSSR count). The summed E-state index contributed by atoms with van der Waals surface area (Å²) in [7, 11) is 0. The van der Waals surface area contributed by atoms with Crippen LogP contribution in [0.25, 0.3) is 0 Å². The van der Waals surface area contributed by atoms with E-state index in [1.807, 2.05) is 13.8 Å². The molecule has 4 heteroatoms. The van der Waals surface area contributed by atoms with Crippen LogP contribution in [0.15, 0.2) is 0 Å². The van der Waals surface area contributed by atoms with Gasteiger partial charge in [-0.15, -0.1) is 0 Å². The molecule has 1 saturated carbocycles. The lowest BCUT2D eigenvalue weighted by atomic mass is 9.96. The number of hydrogen-bond donors (Lipinski definition) is 2. The number of carbonyl (C=O) groups excluding carboxylic acids is 1. The van der Waals surface area contributed by atoms with Crippen molar-refractivity contribution in [2.75, 3.05) is 13.2 Å². The molecule has 0 saturated heterocycles. The molecule has 0 bridgehead atoms. The standard InChI is InChI=1S/C12H24N2O2/c1-10(2)16-9-8-13-12(15)14-11-6-4-3-5-7-11/h10-11H,3-9H2,1-2H3,(H2,13,14,15). The van der Waals surface area contributed by atoms with Gasteiger partial charge in [-0.3, -0.25) is 0 Å². The highest BCUT2D eigenvalue weighted by molar-refractivity contribution is 5.74. The van der Waals surface area contributed by atoms with Crippen LogP contribution in [0.4, 0.5) is 4.79 Å². The summed E-state index contributed by atoms with van der Waals surface area (Å²) < 4.78 is 5.34. The molecule has 4 nitrogen and oxygen atoms in total. The van der Waals surface area contributed by atoms with Gasteiger partial charge in [0.1, 0.15) is 0 Å². The van der Waals surface area contributed by atoms with Crippen molar-refractivity contribution in [3.05, 3.63) is 0 Å². The van der Waals surface area contributed by atoms with E-state index in [1.165, 1.54) is 19.3 Å². The zero-order valence-corrected chi connectivity index (χ0v) is 10.4. The summed E-state index contributed by atoms with van der Waals surface area (Å²) in [6, 6.07) is 0.319. The first-order valence-corrected chi connectivity index (χ1v) is 6.34. The molecule has 1 fully saturated rings. The molecule has 0 aromatic heterocycles. The van der Waals surface area contributed by atoms with Gasteiger partial charge in [0, 0.05) is 12.6 Å². The van der Waals surface area contributed by atoms with Gasteiger partial charge in [-0.2, -0.15) is 0 Å². The van der Waals surface area contributed by atoms with E-state index in [1.54, 1.807) is 0 Å². The Morgan fingerprint density at radius 2 is 2.00 bits per heavy atom. The molecule has 1 aliphatic carbocycles. The monoisotopic (exact) mass is 228 g/mol. The zero-order valence-electron chi connectivity index (χ0n) is 10.4. The summed E-state index contributed by atoms with van der Waals surface area (Å²) in [4.78, 5) is 11.5. The second-order valence-electron chi connectivity index (χ2n) is 4.65. The third kappa shape index (κ3) is 5.95. The van der Waals surface area contributed by atoms with Crippen molar-refractivity contribution in [2.24, 2.45) is 0 Å². The Kier molecular flexibility index (Phi) is 6.23. The highest BCUT2D eigenvalue weighted by atomic mass is 16.5. The van der Waals surface area contributed by atoms with E-state index in [-0.39, 0.29) is 12.1 Å². The number of nitrogens with one attached hydrogen (secondary N) is 2. The van der Waals surface area contributed by atoms with E-state index in [9.17, 15) is 4.79 Å². The van der Waals surface area contributed by atoms with Gasteiger partial charge in [0.15, 0.2) is 0 Å². The first kappa shape index (κ1) is 13.3. The molecule has 0 aromatic carbocycles. The maximum atomic E-state index is 11.5. The fraction of sp³-hybridized carbons (Fsp3) is 0.917. The van der Waals surface area contributed by atoms with E-state index in [0.29, 0.717) is 19.2 Å². The lowest BCUT2D eigenvalue weighted by molar-refractivity contribution is 0.0816. The highest BCUT2D eigenvalue weighted by Gasteiger charge is 2.14. The van der Waals surface area contributed by atoms with Crippen LogP contribution >= 0.6 is 0 Å². The molecule has 0 unspecified atom stereocenters. The van der Waals surface area contributed by atoms with Crippen molar-refractivity contribution in [1.82, 2.24) is 10.6 Å². The molecule has 2 amide bonds. The summed E-state index contributed by atoms with van der Waals surface area (Å²) in [5, 5.41) is 5.81. The van der Waals surface area contributed by atoms with Crippen molar-refractivity contribution in [3.63, 3.8) is 0 Å². The van der Waals surface area contributed by atoms with Gasteiger partial charge in [-0.05, 0) is 26.7 Å². The predicted octanol–water partition coefficient (Wildman–Crippen LogP) is 2.04. The Balaban J connectivity index is 2.01. The average molecular weight is 228 g/mol. The minimum atomic E-state index is -0.0562. The first-order chi connectivity index (χ1) is 7.68. The van der Waals surface area contributed by atoms with E-state index >= 15 is 0 Å². The zero-order chi connectivity index (χ0) is 11.8. The number of amides is 2. The van der Waals surface area contributed by atoms with Crippen LogP contribution < -0.4 is 10.6 Å². The smallest absolute Gasteiger partial charge is 0.315 e. The van der Waals surface area contributed by atoms with Crippen LogP contribution in [0, 0.1) is 0 Å². The van der Waals surface area contributed by atoms with Crippen LogP contribution in [0.1, 0.15) is 46.0 Å². The van der Waals surface area contributed by atoms with Gasteiger partial charge in [0.25, 0.3) is 0 Å². The minimum absolute atomic E-state index is 0.0562. The highest BCUT2D eigenvalue weighted by Crippen LogP contribution is 2.16. The molecule has 1 aliphatic rings. The molecular formula is C12H24N2O2. The number of urea groups is 1. The molecule has 94 valence electrons. The molecule has 0 atom stereocenters. The summed E-state index contributed by atoms with van der Waals surface area (Å²) in [6.07, 6.45) is 6.25. The molecule has 0 heterocycles. The predicted molar refractivity (Wildman–Crippen MR) is 64.5 cm³/mol. The van der Waals surface area contributed by atoms with Gasteiger partial charge >= 0.3 is 6.03 Å². The van der Waals surface area contributed by atoms with E-state index in [4.69, 9.17) is 4.74 Å². The molecular weight excluding hydrogens is 204 g/mol. The fourth-order valence-electron chi connectivity index (χ4n) is 1.94. The number of hydrogen-bond acceptors (Lipinski definition) is 2. The van der Waals surface area contributed by atoms with Crippen molar-refractivity contribution < 1.29 is 9.53 Å². The Hall–Kier alpha value is -0.770.